The average molecular weight is 314 g/mol. The van der Waals surface area contributed by atoms with Crippen molar-refractivity contribution < 1.29 is 4.79 Å². The number of nitrogens with zero attached hydrogens (tertiary/aromatic N) is 2. The summed E-state index contributed by atoms with van der Waals surface area (Å²) in [5.74, 6) is 0.988. The number of urea groups is 1. The van der Waals surface area contributed by atoms with Gasteiger partial charge in [-0.05, 0) is 33.3 Å². The van der Waals surface area contributed by atoms with Crippen LogP contribution in [0.1, 0.15) is 37.9 Å². The van der Waals surface area contributed by atoms with E-state index in [9.17, 15) is 4.79 Å². The van der Waals surface area contributed by atoms with Crippen LogP contribution in [0.5, 0.6) is 0 Å². The van der Waals surface area contributed by atoms with Crippen LogP contribution in [0, 0.1) is 6.92 Å². The minimum Gasteiger partial charge on any atom is -0.338 e. The highest BCUT2D eigenvalue weighted by molar-refractivity contribution is 5.74. The molecule has 0 saturated carbocycles. The largest absolute Gasteiger partial charge is 0.338 e. The van der Waals surface area contributed by atoms with Gasteiger partial charge in [-0.25, -0.2) is 9.78 Å². The van der Waals surface area contributed by atoms with Crippen molar-refractivity contribution in [3.05, 3.63) is 53.6 Å². The third-order valence-corrected chi connectivity index (χ3v) is 3.44. The topological polar surface area (TPSA) is 59.0 Å². The predicted molar refractivity (Wildman–Crippen MR) is 92.5 cm³/mol. The first-order valence-corrected chi connectivity index (χ1v) is 7.96. The van der Waals surface area contributed by atoms with Crippen molar-refractivity contribution in [2.45, 2.75) is 46.2 Å². The number of amides is 2. The van der Waals surface area contributed by atoms with Gasteiger partial charge in [0.2, 0.25) is 0 Å². The smallest absolute Gasteiger partial charge is 0.315 e. The van der Waals surface area contributed by atoms with Gasteiger partial charge in [-0.1, -0.05) is 30.3 Å². The van der Waals surface area contributed by atoms with E-state index in [0.29, 0.717) is 13.0 Å². The van der Waals surface area contributed by atoms with Gasteiger partial charge in [0.1, 0.15) is 5.82 Å². The van der Waals surface area contributed by atoms with Crippen LogP contribution < -0.4 is 10.6 Å². The summed E-state index contributed by atoms with van der Waals surface area (Å²) in [7, 11) is 0. The van der Waals surface area contributed by atoms with E-state index in [1.807, 2.05) is 45.2 Å². The highest BCUT2D eigenvalue weighted by Gasteiger charge is 2.13. The standard InChI is InChI=1S/C18H26N4O/c1-14-12-20-16(10-11-19-17(23)21-18(2,3)4)22(14)13-15-8-6-5-7-9-15/h5-9,12H,10-11,13H2,1-4H3,(H2,19,21,23). The van der Waals surface area contributed by atoms with Crippen LogP contribution in [-0.2, 0) is 13.0 Å². The second kappa shape index (κ2) is 7.31. The van der Waals surface area contributed by atoms with Gasteiger partial charge in [0, 0.05) is 36.9 Å². The first-order valence-electron chi connectivity index (χ1n) is 7.96. The fourth-order valence-corrected chi connectivity index (χ4v) is 2.36. The fraction of sp³-hybridized carbons (Fsp3) is 0.444. The summed E-state index contributed by atoms with van der Waals surface area (Å²) in [5, 5.41) is 5.77. The van der Waals surface area contributed by atoms with Crippen molar-refractivity contribution in [1.82, 2.24) is 20.2 Å². The number of aromatic nitrogens is 2. The zero-order valence-electron chi connectivity index (χ0n) is 14.4. The molecule has 5 nitrogen and oxygen atoms in total. The van der Waals surface area contributed by atoms with Crippen molar-refractivity contribution in [2.75, 3.05) is 6.54 Å². The molecule has 0 fully saturated rings. The van der Waals surface area contributed by atoms with E-state index in [0.717, 1.165) is 18.1 Å². The number of benzene rings is 1. The SMILES string of the molecule is Cc1cnc(CCNC(=O)NC(C)(C)C)n1Cc1ccccc1. The Hall–Kier alpha value is -2.30. The second-order valence-electron chi connectivity index (χ2n) is 6.77. The number of carbonyl (C=O) groups is 1. The minimum atomic E-state index is -0.230. The zero-order chi connectivity index (χ0) is 16.9. The molecule has 1 heterocycles. The molecule has 0 saturated heterocycles. The third-order valence-electron chi connectivity index (χ3n) is 3.44. The molecule has 5 heteroatoms. The normalized spacial score (nSPS) is 11.3. The van der Waals surface area contributed by atoms with E-state index in [1.54, 1.807) is 0 Å². The molecule has 0 radical (unpaired) electrons. The maximum atomic E-state index is 11.8. The fourth-order valence-electron chi connectivity index (χ4n) is 2.36. The zero-order valence-corrected chi connectivity index (χ0v) is 14.4. The van der Waals surface area contributed by atoms with Gasteiger partial charge in [0.25, 0.3) is 0 Å². The van der Waals surface area contributed by atoms with E-state index in [-0.39, 0.29) is 11.6 Å². The highest BCUT2D eigenvalue weighted by Crippen LogP contribution is 2.10. The molecule has 0 aliphatic rings. The van der Waals surface area contributed by atoms with E-state index >= 15 is 0 Å². The van der Waals surface area contributed by atoms with Crippen molar-refractivity contribution in [3.63, 3.8) is 0 Å². The minimum absolute atomic E-state index is 0.143. The van der Waals surface area contributed by atoms with Gasteiger partial charge in [0.15, 0.2) is 0 Å². The van der Waals surface area contributed by atoms with E-state index in [4.69, 9.17) is 0 Å². The lowest BCUT2D eigenvalue weighted by Crippen LogP contribution is -2.46. The first-order chi connectivity index (χ1) is 10.8. The average Bonchev–Trinajstić information content (AvgIpc) is 2.79. The molecule has 2 N–H and O–H groups in total. The summed E-state index contributed by atoms with van der Waals surface area (Å²) in [6, 6.07) is 10.2. The Balaban J connectivity index is 1.92. The van der Waals surface area contributed by atoms with Crippen LogP contribution in [0.2, 0.25) is 0 Å². The van der Waals surface area contributed by atoms with Gasteiger partial charge in [-0.15, -0.1) is 0 Å². The Morgan fingerprint density at radius 3 is 2.57 bits per heavy atom. The monoisotopic (exact) mass is 314 g/mol. The molecule has 1 aromatic heterocycles. The Morgan fingerprint density at radius 2 is 1.91 bits per heavy atom. The number of imidazole rings is 1. The van der Waals surface area contributed by atoms with Crippen molar-refractivity contribution >= 4 is 6.03 Å². The van der Waals surface area contributed by atoms with Gasteiger partial charge >= 0.3 is 6.03 Å². The Labute approximate surface area is 138 Å². The molecular weight excluding hydrogens is 288 g/mol. The summed E-state index contributed by atoms with van der Waals surface area (Å²) >= 11 is 0. The Bertz CT molecular complexity index is 641. The Kier molecular flexibility index (Phi) is 5.42. The van der Waals surface area contributed by atoms with Crippen LogP contribution in [0.25, 0.3) is 0 Å². The van der Waals surface area contributed by atoms with Gasteiger partial charge < -0.3 is 15.2 Å². The van der Waals surface area contributed by atoms with Crippen LogP contribution >= 0.6 is 0 Å². The van der Waals surface area contributed by atoms with Crippen molar-refractivity contribution in [2.24, 2.45) is 0 Å². The molecule has 124 valence electrons. The molecule has 2 amide bonds. The lowest BCUT2D eigenvalue weighted by Gasteiger charge is -2.20. The molecule has 0 atom stereocenters. The quantitative estimate of drug-likeness (QED) is 0.891. The van der Waals surface area contributed by atoms with Crippen molar-refractivity contribution in [1.29, 1.82) is 0 Å². The number of hydrogen-bond acceptors (Lipinski definition) is 2. The molecule has 1 aromatic carbocycles. The summed E-state index contributed by atoms with van der Waals surface area (Å²) < 4.78 is 2.19. The van der Waals surface area contributed by atoms with Gasteiger partial charge in [0.05, 0.1) is 0 Å². The maximum absolute atomic E-state index is 11.8. The van der Waals surface area contributed by atoms with Crippen LogP contribution in [0.3, 0.4) is 0 Å². The highest BCUT2D eigenvalue weighted by atomic mass is 16.2. The van der Waals surface area contributed by atoms with Crippen LogP contribution in [-0.4, -0.2) is 27.7 Å². The molecule has 0 spiro atoms. The van der Waals surface area contributed by atoms with Gasteiger partial charge in [-0.3, -0.25) is 0 Å². The number of carbonyl (C=O) groups excluding carboxylic acids is 1. The van der Waals surface area contributed by atoms with Crippen LogP contribution in [0.15, 0.2) is 36.5 Å². The van der Waals surface area contributed by atoms with E-state index in [1.165, 1.54) is 5.56 Å². The Morgan fingerprint density at radius 1 is 1.22 bits per heavy atom. The maximum Gasteiger partial charge on any atom is 0.315 e. The number of aryl methyl sites for hydroxylation is 1. The number of nitrogens with one attached hydrogen (secondary N) is 2. The van der Waals surface area contributed by atoms with E-state index < -0.39 is 0 Å². The number of hydrogen-bond donors (Lipinski definition) is 2. The van der Waals surface area contributed by atoms with Gasteiger partial charge in [-0.2, -0.15) is 0 Å². The molecule has 0 aliphatic carbocycles. The summed E-state index contributed by atoms with van der Waals surface area (Å²) in [4.78, 5) is 16.3. The molecule has 0 unspecified atom stereocenters. The lowest BCUT2D eigenvalue weighted by atomic mass is 10.1. The molecular formula is C18H26N4O. The molecule has 0 aliphatic heterocycles. The molecule has 2 rings (SSSR count). The summed E-state index contributed by atoms with van der Waals surface area (Å²) in [5.41, 5.74) is 2.14. The second-order valence-corrected chi connectivity index (χ2v) is 6.77. The predicted octanol–water partition coefficient (Wildman–Crippen LogP) is 2.88. The molecule has 23 heavy (non-hydrogen) atoms. The third kappa shape index (κ3) is 5.43. The van der Waals surface area contributed by atoms with Crippen LogP contribution in [0.4, 0.5) is 4.79 Å². The summed E-state index contributed by atoms with van der Waals surface area (Å²) in [6.45, 7) is 9.30. The van der Waals surface area contributed by atoms with Crippen molar-refractivity contribution in [3.8, 4) is 0 Å². The first kappa shape index (κ1) is 17.1. The molecule has 0 bridgehead atoms. The molecule has 2 aromatic rings. The lowest BCUT2D eigenvalue weighted by molar-refractivity contribution is 0.232. The number of rotatable bonds is 5. The summed E-state index contributed by atoms with van der Waals surface area (Å²) in [6.07, 6.45) is 2.59. The van der Waals surface area contributed by atoms with E-state index in [2.05, 4.69) is 39.2 Å².